The highest BCUT2D eigenvalue weighted by Gasteiger charge is 2.25. The number of carbonyl (C=O) groups is 6. The molecule has 2 atom stereocenters. The highest BCUT2D eigenvalue weighted by molar-refractivity contribution is 6.13. The first-order valence-corrected chi connectivity index (χ1v) is 24.0. The molecule has 20 heteroatoms. The van der Waals surface area contributed by atoms with Gasteiger partial charge in [-0.25, -0.2) is 4.99 Å². The van der Waals surface area contributed by atoms with Crippen molar-refractivity contribution in [3.05, 3.63) is 107 Å². The summed E-state index contributed by atoms with van der Waals surface area (Å²) in [5.74, 6) is -1.95. The minimum absolute atomic E-state index is 0.0159. The molecule has 2 aliphatic rings. The predicted molar refractivity (Wildman–Crippen MR) is 266 cm³/mol. The van der Waals surface area contributed by atoms with Gasteiger partial charge in [0.1, 0.15) is 18.1 Å². The molecule has 0 fully saturated rings. The number of anilines is 1. The molecule has 0 bridgehead atoms. The van der Waals surface area contributed by atoms with Gasteiger partial charge >= 0.3 is 0 Å². The Kier molecular flexibility index (Phi) is 23.5. The first-order chi connectivity index (χ1) is 34.4. The van der Waals surface area contributed by atoms with Gasteiger partial charge in [0.05, 0.1) is 70.4 Å². The summed E-state index contributed by atoms with van der Waals surface area (Å²) in [5.41, 5.74) is 10.5. The zero-order chi connectivity index (χ0) is 50.8. The van der Waals surface area contributed by atoms with Crippen LogP contribution in [0.5, 0.6) is 0 Å². The Bertz CT molecular complexity index is 2320. The van der Waals surface area contributed by atoms with Gasteiger partial charge < -0.3 is 51.1 Å². The van der Waals surface area contributed by atoms with Crippen molar-refractivity contribution in [3.63, 3.8) is 0 Å². The summed E-state index contributed by atoms with van der Waals surface area (Å²) < 4.78 is 22.0. The summed E-state index contributed by atoms with van der Waals surface area (Å²) >= 11 is 0. The Labute approximate surface area is 414 Å². The predicted octanol–water partition coefficient (Wildman–Crippen LogP) is 2.78. The van der Waals surface area contributed by atoms with Crippen LogP contribution in [0.2, 0.25) is 0 Å². The number of aliphatic hydroxyl groups is 1. The van der Waals surface area contributed by atoms with Gasteiger partial charge in [0, 0.05) is 87.9 Å². The number of nitrogens with zero attached hydrogens (tertiary/aromatic N) is 4. The number of rotatable bonds is 32. The van der Waals surface area contributed by atoms with Crippen molar-refractivity contribution < 1.29 is 52.8 Å². The smallest absolute Gasteiger partial charge is 0.255 e. The van der Waals surface area contributed by atoms with E-state index in [1.165, 1.54) is 18.3 Å². The molecule has 71 heavy (non-hydrogen) atoms. The van der Waals surface area contributed by atoms with Crippen molar-refractivity contribution in [2.45, 2.75) is 71.2 Å². The second-order valence-corrected chi connectivity index (χ2v) is 16.7. The lowest BCUT2D eigenvalue weighted by Crippen LogP contribution is -2.48. The summed E-state index contributed by atoms with van der Waals surface area (Å²) in [7, 11) is 0. The fourth-order valence-corrected chi connectivity index (χ4v) is 7.53. The molecule has 0 aliphatic carbocycles. The first kappa shape index (κ1) is 55.2. The van der Waals surface area contributed by atoms with Crippen LogP contribution in [0.4, 0.5) is 11.4 Å². The largest absolute Gasteiger partial charge is 0.387 e. The normalized spacial score (nSPS) is 14.1. The van der Waals surface area contributed by atoms with E-state index < -0.39 is 35.9 Å². The summed E-state index contributed by atoms with van der Waals surface area (Å²) in [6, 6.07) is 15.3. The summed E-state index contributed by atoms with van der Waals surface area (Å²) in [5, 5.41) is 22.5. The molecule has 1 aromatic heterocycles. The van der Waals surface area contributed by atoms with Gasteiger partial charge in [-0.3, -0.25) is 43.6 Å². The van der Waals surface area contributed by atoms with Crippen molar-refractivity contribution in [1.29, 1.82) is 0 Å². The van der Waals surface area contributed by atoms with Crippen LogP contribution in [0.1, 0.15) is 73.0 Å². The van der Waals surface area contributed by atoms with Gasteiger partial charge in [-0.2, -0.15) is 0 Å². The average Bonchev–Trinajstić information content (AvgIpc) is 3.58. The topological polar surface area (TPSA) is 265 Å². The standard InChI is InChI=1S/C51H67N9O11/c1-3-17-59(18-4-2)51(67)40-30-38-10-11-39(31-42(38)57-44(52)32-40)49(65)56-41-28-37(33-53-35-41)34-55-50(66)43(29-36-8-6-5-7-9-36)58-46(62)15-20-68-22-24-70-26-27-71-25-23-69-21-16-54-45(61)14-19-60-47(63)12-13-48(60)64/h5-13,28,30-31,33,35,43,51,67H,3-4,14-27,29,32,34H2,1-2H3,(H2,52,57)(H,54,61)(H,55,66)(H,56,65)(H,58,62)/t43-,51?/m0/s1. The summed E-state index contributed by atoms with van der Waals surface area (Å²) in [4.78, 5) is 86.9. The number of pyridine rings is 1. The van der Waals surface area contributed by atoms with Crippen molar-refractivity contribution in [1.82, 2.24) is 30.7 Å². The number of ether oxygens (including phenoxy) is 4. The number of hydrogen-bond acceptors (Lipinski definition) is 15. The highest BCUT2D eigenvalue weighted by Crippen LogP contribution is 2.30. The molecule has 0 spiro atoms. The molecule has 5 rings (SSSR count). The number of aliphatic hydroxyl groups excluding tert-OH is 1. The van der Waals surface area contributed by atoms with E-state index in [4.69, 9.17) is 24.7 Å². The zero-order valence-corrected chi connectivity index (χ0v) is 40.6. The second-order valence-electron chi connectivity index (χ2n) is 16.7. The number of imide groups is 1. The van der Waals surface area contributed by atoms with E-state index in [0.29, 0.717) is 61.2 Å². The van der Waals surface area contributed by atoms with Gasteiger partial charge in [-0.05, 0) is 53.8 Å². The van der Waals surface area contributed by atoms with Crippen LogP contribution in [0.25, 0.3) is 6.08 Å². The number of benzene rings is 2. The molecule has 20 nitrogen and oxygen atoms in total. The van der Waals surface area contributed by atoms with E-state index >= 15 is 0 Å². The lowest BCUT2D eigenvalue weighted by atomic mass is 10.0. The quantitative estimate of drug-likeness (QED) is 0.0299. The molecule has 1 unspecified atom stereocenters. The summed E-state index contributed by atoms with van der Waals surface area (Å²) in [6.45, 7) is 8.28. The Balaban J connectivity index is 0.979. The van der Waals surface area contributed by atoms with E-state index in [-0.39, 0.29) is 77.1 Å². The van der Waals surface area contributed by atoms with Gasteiger partial charge in [0.15, 0.2) is 0 Å². The molecule has 0 radical (unpaired) electrons. The van der Waals surface area contributed by atoms with Gasteiger partial charge in [-0.1, -0.05) is 50.2 Å². The monoisotopic (exact) mass is 981 g/mol. The molecule has 382 valence electrons. The number of amidine groups is 1. The molecule has 0 saturated carbocycles. The number of aromatic nitrogens is 1. The van der Waals surface area contributed by atoms with Gasteiger partial charge in [-0.15, -0.1) is 0 Å². The molecule has 0 saturated heterocycles. The van der Waals surface area contributed by atoms with Crippen LogP contribution in [0.3, 0.4) is 0 Å². The zero-order valence-electron chi connectivity index (χ0n) is 40.6. The number of carbonyl (C=O) groups excluding carboxylic acids is 6. The van der Waals surface area contributed by atoms with Crippen molar-refractivity contribution in [2.75, 3.05) is 84.4 Å². The third kappa shape index (κ3) is 19.2. The van der Waals surface area contributed by atoms with E-state index in [1.807, 2.05) is 41.3 Å². The molecule has 7 N–H and O–H groups in total. The van der Waals surface area contributed by atoms with Crippen LogP contribution in [0.15, 0.2) is 89.7 Å². The molecule has 3 aromatic rings. The SMILES string of the molecule is CCCN(CCC)C(O)C1=Cc2ccc(C(=O)Nc3cncc(CNC(=O)[C@H](Cc4ccccc4)NC(=O)CCOCCOCCOCCOCCNC(=O)CCN4C(=O)C=CC4=O)c3)cc2N=C(N)C1. The maximum atomic E-state index is 13.6. The van der Waals surface area contributed by atoms with E-state index in [1.54, 1.807) is 30.5 Å². The lowest BCUT2D eigenvalue weighted by molar-refractivity contribution is -0.137. The maximum Gasteiger partial charge on any atom is 0.255 e. The molecule has 3 heterocycles. The minimum Gasteiger partial charge on any atom is -0.387 e. The Morgan fingerprint density at radius 3 is 2.13 bits per heavy atom. The maximum absolute atomic E-state index is 13.6. The molecule has 6 amide bonds. The Morgan fingerprint density at radius 1 is 0.789 bits per heavy atom. The first-order valence-electron chi connectivity index (χ1n) is 24.0. The minimum atomic E-state index is -0.878. The van der Waals surface area contributed by atoms with Crippen molar-refractivity contribution >= 4 is 58.7 Å². The highest BCUT2D eigenvalue weighted by atomic mass is 16.6. The molecule has 2 aliphatic heterocycles. The number of nitrogens with two attached hydrogens (primary N) is 1. The van der Waals surface area contributed by atoms with Crippen LogP contribution >= 0.6 is 0 Å². The Hall–Kier alpha value is -6.68. The van der Waals surface area contributed by atoms with Crippen LogP contribution in [0, 0.1) is 0 Å². The fourth-order valence-electron chi connectivity index (χ4n) is 7.53. The molecule has 2 aromatic carbocycles. The van der Waals surface area contributed by atoms with Gasteiger partial charge in [0.2, 0.25) is 17.7 Å². The third-order valence-electron chi connectivity index (χ3n) is 11.1. The molecular formula is C51H67N9O11. The van der Waals surface area contributed by atoms with E-state index in [9.17, 15) is 33.9 Å². The average molecular weight is 982 g/mol. The van der Waals surface area contributed by atoms with Crippen LogP contribution in [-0.2, 0) is 55.9 Å². The second kappa shape index (κ2) is 30.1. The van der Waals surface area contributed by atoms with E-state index in [0.717, 1.165) is 47.5 Å². The molecular weight excluding hydrogens is 915 g/mol. The number of aliphatic imine (C=N–C) groups is 1. The lowest BCUT2D eigenvalue weighted by Gasteiger charge is -2.28. The van der Waals surface area contributed by atoms with Crippen molar-refractivity contribution in [3.8, 4) is 0 Å². The van der Waals surface area contributed by atoms with Gasteiger partial charge in [0.25, 0.3) is 17.7 Å². The fraction of sp³-hybridized carbons (Fsp3) is 0.451. The van der Waals surface area contributed by atoms with Crippen LogP contribution < -0.4 is 27.0 Å². The Morgan fingerprint density at radius 2 is 1.45 bits per heavy atom. The number of nitrogens with one attached hydrogen (secondary N) is 4. The number of hydrogen-bond donors (Lipinski definition) is 6. The third-order valence-corrected chi connectivity index (χ3v) is 11.1. The summed E-state index contributed by atoms with van der Waals surface area (Å²) in [6.07, 6.45) is 8.92. The number of amides is 6. The number of fused-ring (bicyclic) bond motifs is 1. The van der Waals surface area contributed by atoms with Crippen LogP contribution in [-0.4, -0.2) is 152 Å². The van der Waals surface area contributed by atoms with Crippen molar-refractivity contribution in [2.24, 2.45) is 10.7 Å². The van der Waals surface area contributed by atoms with E-state index in [2.05, 4.69) is 45.1 Å².